The van der Waals surface area contributed by atoms with Crippen molar-refractivity contribution in [2.45, 2.75) is 131 Å². The number of alkyl halides is 2. The molecule has 0 unspecified atom stereocenters. The van der Waals surface area contributed by atoms with Gasteiger partial charge in [-0.15, -0.1) is 0 Å². The largest absolute Gasteiger partial charge is 0.464 e. The zero-order valence-corrected chi connectivity index (χ0v) is 42.8. The summed E-state index contributed by atoms with van der Waals surface area (Å²) in [5.74, 6) is 3.24. The SMILES string of the molecule is CCn1c(-c2cccnc2C(C)C)c2c3cc(ccc31)-c1cc(cc(C(F)F)c1)C[C@H](NC(=O)[C@@H](COC1CN(C(=O)C#CC(C)(C)N(C)C)C1)C(C)C)C(=O)N1CCC[C@H](N1)C(=O)OCC(C)(C)C2. The molecule has 70 heavy (non-hydrogen) atoms. The fourth-order valence-electron chi connectivity index (χ4n) is 9.46. The first kappa shape index (κ1) is 52.1. The van der Waals surface area contributed by atoms with Crippen LogP contribution in [-0.4, -0.2) is 119 Å². The van der Waals surface area contributed by atoms with E-state index in [1.165, 1.54) is 17.1 Å². The second-order valence-electron chi connectivity index (χ2n) is 21.4. The maximum Gasteiger partial charge on any atom is 0.324 e. The number of hydrogen-bond donors (Lipinski definition) is 2. The van der Waals surface area contributed by atoms with Gasteiger partial charge in [0, 0.05) is 66.2 Å². The van der Waals surface area contributed by atoms with Crippen molar-refractivity contribution in [1.82, 2.24) is 35.1 Å². The Labute approximate surface area is 412 Å². The van der Waals surface area contributed by atoms with Gasteiger partial charge < -0.3 is 24.3 Å². The summed E-state index contributed by atoms with van der Waals surface area (Å²) in [6.07, 6.45) is 0.00864. The van der Waals surface area contributed by atoms with E-state index in [1.807, 2.05) is 77.2 Å². The molecule has 13 nitrogen and oxygen atoms in total. The van der Waals surface area contributed by atoms with Gasteiger partial charge in [-0.2, -0.15) is 0 Å². The van der Waals surface area contributed by atoms with Crippen LogP contribution in [0.3, 0.4) is 0 Å². The first-order chi connectivity index (χ1) is 33.1. The first-order valence-corrected chi connectivity index (χ1v) is 24.8. The molecular formula is C55H71F2N7O6. The fraction of sp³-hybridized carbons (Fsp3) is 0.545. The van der Waals surface area contributed by atoms with Crippen LogP contribution in [0.25, 0.3) is 33.3 Å². The number of fused-ring (bicyclic) bond motifs is 6. The molecule has 0 saturated carbocycles. The maximum atomic E-state index is 15.0. The average molecular weight is 964 g/mol. The maximum absolute atomic E-state index is 15.0. The molecule has 6 bridgehead atoms. The number of carbonyl (C=O) groups is 4. The lowest BCUT2D eigenvalue weighted by molar-refractivity contribution is -0.155. The van der Waals surface area contributed by atoms with Gasteiger partial charge in [-0.1, -0.05) is 65.7 Å². The number of likely N-dealkylation sites (tertiary alicyclic amines) is 1. The molecule has 2 aromatic heterocycles. The third kappa shape index (κ3) is 11.6. The van der Waals surface area contributed by atoms with Crippen LogP contribution in [0.15, 0.2) is 54.7 Å². The van der Waals surface area contributed by atoms with Gasteiger partial charge in [0.05, 0.1) is 42.2 Å². The number of benzene rings is 2. The van der Waals surface area contributed by atoms with E-state index in [9.17, 15) is 28.0 Å². The average Bonchev–Trinajstić information content (AvgIpc) is 3.60. The number of halogens is 2. The van der Waals surface area contributed by atoms with E-state index in [2.05, 4.69) is 73.9 Å². The van der Waals surface area contributed by atoms with Crippen molar-refractivity contribution >= 4 is 34.6 Å². The van der Waals surface area contributed by atoms with E-state index >= 15 is 0 Å². The summed E-state index contributed by atoms with van der Waals surface area (Å²) < 4.78 is 44.5. The molecule has 3 aliphatic heterocycles. The van der Waals surface area contributed by atoms with Crippen LogP contribution in [0.5, 0.6) is 0 Å². The second-order valence-corrected chi connectivity index (χ2v) is 21.4. The van der Waals surface area contributed by atoms with Gasteiger partial charge in [-0.25, -0.2) is 14.2 Å². The molecule has 3 atom stereocenters. The normalized spacial score (nSPS) is 19.5. The number of cyclic esters (lactones) is 1. The number of pyridine rings is 1. The molecule has 0 radical (unpaired) electrons. The lowest BCUT2D eigenvalue weighted by Crippen LogP contribution is -2.61. The zero-order chi connectivity index (χ0) is 50.8. The van der Waals surface area contributed by atoms with E-state index < -0.39 is 53.2 Å². The van der Waals surface area contributed by atoms with Crippen molar-refractivity contribution in [3.8, 4) is 34.2 Å². The molecule has 7 rings (SSSR count). The Morgan fingerprint density at radius 3 is 2.47 bits per heavy atom. The lowest BCUT2D eigenvalue weighted by atomic mass is 9.83. The molecule has 3 amide bonds. The molecule has 2 N–H and O–H groups in total. The molecule has 15 heteroatoms. The number of aromatic nitrogens is 2. The highest BCUT2D eigenvalue weighted by Crippen LogP contribution is 2.42. The number of nitrogens with zero attached hydrogens (tertiary/aromatic N) is 5. The highest BCUT2D eigenvalue weighted by Gasteiger charge is 2.38. The molecule has 0 spiro atoms. The van der Waals surface area contributed by atoms with Crippen molar-refractivity contribution in [1.29, 1.82) is 0 Å². The Kier molecular flexibility index (Phi) is 15.9. The van der Waals surface area contributed by atoms with Crippen LogP contribution in [0.4, 0.5) is 8.78 Å². The van der Waals surface area contributed by atoms with E-state index in [4.69, 9.17) is 14.5 Å². The number of ether oxygens (including phenoxy) is 2. The summed E-state index contributed by atoms with van der Waals surface area (Å²) in [6.45, 7) is 19.8. The molecule has 376 valence electrons. The number of hydrazine groups is 1. The van der Waals surface area contributed by atoms with E-state index in [1.54, 1.807) is 4.90 Å². The van der Waals surface area contributed by atoms with Crippen molar-refractivity contribution in [2.75, 3.05) is 46.9 Å². The highest BCUT2D eigenvalue weighted by atomic mass is 19.3. The van der Waals surface area contributed by atoms with Gasteiger partial charge in [0.1, 0.15) is 12.1 Å². The second kappa shape index (κ2) is 21.3. The Hall–Kier alpha value is -5.69. The van der Waals surface area contributed by atoms with E-state index in [-0.39, 0.29) is 55.6 Å². The molecule has 4 aromatic rings. The Morgan fingerprint density at radius 1 is 1.06 bits per heavy atom. The topological polar surface area (TPSA) is 138 Å². The van der Waals surface area contributed by atoms with Crippen LogP contribution < -0.4 is 10.7 Å². The molecule has 3 aliphatic rings. The monoisotopic (exact) mass is 964 g/mol. The predicted molar refractivity (Wildman–Crippen MR) is 267 cm³/mol. The van der Waals surface area contributed by atoms with Crippen LogP contribution in [0.2, 0.25) is 0 Å². The molecule has 2 saturated heterocycles. The van der Waals surface area contributed by atoms with Gasteiger partial charge in [0.2, 0.25) is 5.91 Å². The standard InChI is InChI=1S/C55H71F2N7O6/c1-12-63-46-18-17-36-27-41(46)42(49(63)40-15-13-21-58-48(40)34(4)5)28-54(6,7)32-70-53(68)44-16-14-22-64(60-44)52(67)45(25-35-23-37(36)26-38(24-35)50(56)57)59-51(66)43(33(2)3)31-69-39-29-62(30-39)47(65)19-20-55(8,9)61(10)11/h13,15,17-18,21,23-24,26-27,33-34,39,43-45,50,60H,12,14,16,22,25,28-32H2,1-11H3,(H,59,66)/t43-,44-,45-/m0/s1. The van der Waals surface area contributed by atoms with Crippen LogP contribution >= 0.6 is 0 Å². The van der Waals surface area contributed by atoms with Crippen molar-refractivity contribution in [2.24, 2.45) is 17.3 Å². The van der Waals surface area contributed by atoms with Gasteiger partial charge in [-0.3, -0.25) is 34.1 Å². The summed E-state index contributed by atoms with van der Waals surface area (Å²) in [5, 5.41) is 5.30. The molecule has 2 fully saturated rings. The number of hydrogen-bond acceptors (Lipinski definition) is 9. The summed E-state index contributed by atoms with van der Waals surface area (Å²) >= 11 is 0. The Morgan fingerprint density at radius 2 is 1.80 bits per heavy atom. The predicted octanol–water partition coefficient (Wildman–Crippen LogP) is 7.94. The zero-order valence-electron chi connectivity index (χ0n) is 42.8. The molecular weight excluding hydrogens is 893 g/mol. The minimum atomic E-state index is -2.82. The molecule has 5 heterocycles. The third-order valence-electron chi connectivity index (χ3n) is 14.2. The van der Waals surface area contributed by atoms with Gasteiger partial charge in [0.25, 0.3) is 18.2 Å². The van der Waals surface area contributed by atoms with Crippen LogP contribution in [0, 0.1) is 29.1 Å². The molecule has 2 aromatic carbocycles. The minimum Gasteiger partial charge on any atom is -0.464 e. The summed E-state index contributed by atoms with van der Waals surface area (Å²) in [6, 6.07) is 12.8. The quantitative estimate of drug-likeness (QED) is 0.113. The van der Waals surface area contributed by atoms with Gasteiger partial charge in [0.15, 0.2) is 0 Å². The number of carbonyl (C=O) groups excluding carboxylic acids is 4. The van der Waals surface area contributed by atoms with E-state index in [0.717, 1.165) is 33.4 Å². The Balaban J connectivity index is 1.25. The van der Waals surface area contributed by atoms with Gasteiger partial charge >= 0.3 is 5.97 Å². The third-order valence-corrected chi connectivity index (χ3v) is 14.2. The van der Waals surface area contributed by atoms with Crippen molar-refractivity contribution in [3.63, 3.8) is 0 Å². The number of esters is 1. The number of amides is 3. The van der Waals surface area contributed by atoms with Gasteiger partial charge in [-0.05, 0) is 124 Å². The van der Waals surface area contributed by atoms with Crippen molar-refractivity contribution < 1.29 is 37.4 Å². The van der Waals surface area contributed by atoms with Crippen LogP contribution in [0.1, 0.15) is 110 Å². The van der Waals surface area contributed by atoms with Crippen LogP contribution in [-0.2, 0) is 48.0 Å². The summed E-state index contributed by atoms with van der Waals surface area (Å²) in [5.41, 5.74) is 8.53. The number of rotatable bonds is 11. The van der Waals surface area contributed by atoms with E-state index in [0.29, 0.717) is 55.6 Å². The number of aryl methyl sites for hydroxylation is 1. The first-order valence-electron chi connectivity index (χ1n) is 24.8. The highest BCUT2D eigenvalue weighted by molar-refractivity contribution is 5.96. The lowest BCUT2D eigenvalue weighted by Gasteiger charge is -2.39. The number of nitrogens with one attached hydrogen (secondary N) is 2. The fourth-order valence-corrected chi connectivity index (χ4v) is 9.46. The molecule has 0 aliphatic carbocycles. The Bertz CT molecular complexity index is 2660. The minimum absolute atomic E-state index is 0.0270. The smallest absolute Gasteiger partial charge is 0.324 e. The summed E-state index contributed by atoms with van der Waals surface area (Å²) in [4.78, 5) is 64.2. The summed E-state index contributed by atoms with van der Waals surface area (Å²) in [7, 11) is 3.80. The van der Waals surface area contributed by atoms with Crippen molar-refractivity contribution in [3.05, 3.63) is 77.1 Å².